The van der Waals surface area contributed by atoms with Gasteiger partial charge in [0.05, 0.1) is 2.88 Å². The second-order valence-corrected chi connectivity index (χ2v) is 5.42. The highest BCUT2D eigenvalue weighted by Crippen LogP contribution is 2.22. The van der Waals surface area contributed by atoms with Crippen molar-refractivity contribution in [1.82, 2.24) is 9.78 Å². The fourth-order valence-corrected chi connectivity index (χ4v) is 2.63. The third kappa shape index (κ3) is 1.40. The first-order valence-corrected chi connectivity index (χ1v) is 5.43. The van der Waals surface area contributed by atoms with E-state index in [1.165, 1.54) is 13.6 Å². The molecule has 0 fully saturated rings. The van der Waals surface area contributed by atoms with Crippen LogP contribution in [0.1, 0.15) is 5.69 Å². The third-order valence-corrected chi connectivity index (χ3v) is 3.47. The molecule has 0 radical (unpaired) electrons. The molecule has 0 saturated carbocycles. The Morgan fingerprint density at radius 3 is 2.75 bits per heavy atom. The normalized spacial score (nSPS) is 10.5. The van der Waals surface area contributed by atoms with E-state index in [1.54, 1.807) is 11.3 Å². The van der Waals surface area contributed by atoms with Crippen LogP contribution in [0.15, 0.2) is 24.4 Å². The predicted molar refractivity (Wildman–Crippen MR) is 58.9 cm³/mol. The van der Waals surface area contributed by atoms with E-state index >= 15 is 0 Å². The molecular weight excluding hydrogens is 283 g/mol. The highest BCUT2D eigenvalue weighted by molar-refractivity contribution is 14.1. The fraction of sp³-hybridized carbons (Fsp3) is 0.125. The van der Waals surface area contributed by atoms with E-state index in [-0.39, 0.29) is 0 Å². The number of aromatic nitrogens is 2. The molecule has 2 nitrogen and oxygen atoms in total. The average Bonchev–Trinajstić information content (AvgIpc) is 2.58. The molecule has 2 aromatic rings. The minimum Gasteiger partial charge on any atom is -0.228 e. The molecule has 0 unspecified atom stereocenters. The van der Waals surface area contributed by atoms with Gasteiger partial charge in [0, 0.05) is 11.9 Å². The Bertz CT molecular complexity index is 391. The van der Waals surface area contributed by atoms with Crippen molar-refractivity contribution in [2.75, 3.05) is 0 Å². The number of hydrogen-bond acceptors (Lipinski definition) is 2. The van der Waals surface area contributed by atoms with Gasteiger partial charge in [-0.05, 0) is 47.7 Å². The van der Waals surface area contributed by atoms with Gasteiger partial charge in [-0.3, -0.25) is 0 Å². The summed E-state index contributed by atoms with van der Waals surface area (Å²) < 4.78 is 3.24. The Balaban J connectivity index is 2.50. The van der Waals surface area contributed by atoms with Crippen LogP contribution in [-0.4, -0.2) is 9.78 Å². The molecule has 0 aromatic carbocycles. The van der Waals surface area contributed by atoms with Gasteiger partial charge < -0.3 is 0 Å². The van der Waals surface area contributed by atoms with Gasteiger partial charge in [0.2, 0.25) is 0 Å². The minimum atomic E-state index is 1.17. The number of halogens is 1. The molecule has 2 rings (SSSR count). The maximum Gasteiger partial charge on any atom is 0.118 e. The molecule has 12 heavy (non-hydrogen) atoms. The highest BCUT2D eigenvalue weighted by Gasteiger charge is 2.02. The second kappa shape index (κ2) is 3.18. The van der Waals surface area contributed by atoms with E-state index in [4.69, 9.17) is 0 Å². The molecular formula is C8H7IN2S. The van der Waals surface area contributed by atoms with Gasteiger partial charge in [0.1, 0.15) is 5.00 Å². The monoisotopic (exact) mass is 290 g/mol. The summed E-state index contributed by atoms with van der Waals surface area (Å²) in [6, 6.07) is 6.20. The third-order valence-electron chi connectivity index (χ3n) is 1.60. The van der Waals surface area contributed by atoms with Gasteiger partial charge in [0.25, 0.3) is 0 Å². The SMILES string of the molecule is Cc1ccnn1-c1ccc(I)s1. The van der Waals surface area contributed by atoms with Gasteiger partial charge in [-0.25, -0.2) is 4.68 Å². The quantitative estimate of drug-likeness (QED) is 0.738. The molecule has 0 spiro atoms. The van der Waals surface area contributed by atoms with Crippen molar-refractivity contribution in [3.8, 4) is 5.00 Å². The van der Waals surface area contributed by atoms with Gasteiger partial charge >= 0.3 is 0 Å². The maximum absolute atomic E-state index is 4.22. The van der Waals surface area contributed by atoms with E-state index in [9.17, 15) is 0 Å². The van der Waals surface area contributed by atoms with Crippen LogP contribution in [0.25, 0.3) is 5.00 Å². The van der Waals surface area contributed by atoms with Gasteiger partial charge in [-0.1, -0.05) is 0 Å². The van der Waals surface area contributed by atoms with E-state index in [2.05, 4.69) is 46.7 Å². The zero-order valence-corrected chi connectivity index (χ0v) is 9.46. The van der Waals surface area contributed by atoms with Crippen LogP contribution in [0.2, 0.25) is 0 Å². The largest absolute Gasteiger partial charge is 0.228 e. The Hall–Kier alpha value is -0.360. The number of thiophene rings is 1. The molecule has 62 valence electrons. The number of aryl methyl sites for hydroxylation is 1. The smallest absolute Gasteiger partial charge is 0.118 e. The first kappa shape index (κ1) is 8.25. The van der Waals surface area contributed by atoms with Crippen LogP contribution < -0.4 is 0 Å². The van der Waals surface area contributed by atoms with Crippen LogP contribution in [0, 0.1) is 9.81 Å². The molecule has 2 heterocycles. The van der Waals surface area contributed by atoms with Crippen LogP contribution in [0.3, 0.4) is 0 Å². The lowest BCUT2D eigenvalue weighted by Crippen LogP contribution is -1.94. The van der Waals surface area contributed by atoms with Gasteiger partial charge in [-0.2, -0.15) is 5.10 Å². The van der Waals surface area contributed by atoms with Crippen molar-refractivity contribution in [2.45, 2.75) is 6.92 Å². The zero-order valence-electron chi connectivity index (χ0n) is 6.49. The van der Waals surface area contributed by atoms with E-state index in [1.807, 2.05) is 16.9 Å². The first-order valence-electron chi connectivity index (χ1n) is 3.54. The molecule has 0 saturated heterocycles. The molecule has 4 heteroatoms. The summed E-state index contributed by atoms with van der Waals surface area (Å²) in [4.78, 5) is 0. The Kier molecular flexibility index (Phi) is 2.18. The van der Waals surface area contributed by atoms with Crippen molar-refractivity contribution in [3.63, 3.8) is 0 Å². The van der Waals surface area contributed by atoms with Crippen LogP contribution in [0.4, 0.5) is 0 Å². The van der Waals surface area contributed by atoms with E-state index in [0.29, 0.717) is 0 Å². The molecule has 0 aliphatic carbocycles. The van der Waals surface area contributed by atoms with Crippen molar-refractivity contribution < 1.29 is 0 Å². The average molecular weight is 290 g/mol. The summed E-state index contributed by atoms with van der Waals surface area (Å²) >= 11 is 4.06. The molecule has 2 aromatic heterocycles. The first-order chi connectivity index (χ1) is 5.77. The molecule has 0 bridgehead atoms. The van der Waals surface area contributed by atoms with Crippen molar-refractivity contribution in [1.29, 1.82) is 0 Å². The van der Waals surface area contributed by atoms with Gasteiger partial charge in [0.15, 0.2) is 0 Å². The lowest BCUT2D eigenvalue weighted by Gasteiger charge is -1.97. The lowest BCUT2D eigenvalue weighted by molar-refractivity contribution is 0.863. The van der Waals surface area contributed by atoms with Gasteiger partial charge in [-0.15, -0.1) is 11.3 Å². The Morgan fingerprint density at radius 1 is 1.42 bits per heavy atom. The number of hydrogen-bond donors (Lipinski definition) is 0. The Morgan fingerprint density at radius 2 is 2.25 bits per heavy atom. The van der Waals surface area contributed by atoms with Crippen molar-refractivity contribution in [3.05, 3.63) is 33.0 Å². The molecule has 0 amide bonds. The highest BCUT2D eigenvalue weighted by atomic mass is 127. The fourth-order valence-electron chi connectivity index (χ4n) is 1.02. The summed E-state index contributed by atoms with van der Waals surface area (Å²) in [5.74, 6) is 0. The summed E-state index contributed by atoms with van der Waals surface area (Å²) in [5.41, 5.74) is 1.17. The lowest BCUT2D eigenvalue weighted by atomic mass is 10.5. The summed E-state index contributed by atoms with van der Waals surface area (Å²) in [7, 11) is 0. The molecule has 0 N–H and O–H groups in total. The predicted octanol–water partition coefficient (Wildman–Crippen LogP) is 2.85. The van der Waals surface area contributed by atoms with Crippen LogP contribution in [-0.2, 0) is 0 Å². The summed E-state index contributed by atoms with van der Waals surface area (Å²) in [5, 5.41) is 5.41. The van der Waals surface area contributed by atoms with E-state index < -0.39 is 0 Å². The summed E-state index contributed by atoms with van der Waals surface area (Å²) in [6.07, 6.45) is 1.82. The van der Waals surface area contributed by atoms with Crippen molar-refractivity contribution in [2.24, 2.45) is 0 Å². The standard InChI is InChI=1S/C8H7IN2S/c1-6-4-5-10-11(6)8-3-2-7(9)12-8/h2-5H,1H3. The molecule has 0 atom stereocenters. The second-order valence-electron chi connectivity index (χ2n) is 2.46. The number of nitrogens with zero attached hydrogens (tertiary/aromatic N) is 2. The number of rotatable bonds is 1. The van der Waals surface area contributed by atoms with Crippen LogP contribution in [0.5, 0.6) is 0 Å². The zero-order chi connectivity index (χ0) is 8.55. The van der Waals surface area contributed by atoms with Crippen molar-refractivity contribution >= 4 is 33.9 Å². The van der Waals surface area contributed by atoms with E-state index in [0.717, 1.165) is 0 Å². The molecule has 0 aliphatic heterocycles. The van der Waals surface area contributed by atoms with Crippen LogP contribution >= 0.6 is 33.9 Å². The topological polar surface area (TPSA) is 17.8 Å². The molecule has 0 aliphatic rings. The minimum absolute atomic E-state index is 1.17. The summed E-state index contributed by atoms with van der Waals surface area (Å²) in [6.45, 7) is 2.06. The Labute approximate surface area is 88.4 Å². The maximum atomic E-state index is 4.22.